The molecular weight excluding hydrogens is 276 g/mol. The van der Waals surface area contributed by atoms with E-state index in [1.807, 2.05) is 6.08 Å². The predicted molar refractivity (Wildman–Crippen MR) is 82.7 cm³/mol. The molecule has 0 spiro atoms. The Morgan fingerprint density at radius 1 is 1.45 bits per heavy atom. The first kappa shape index (κ1) is 16.1. The summed E-state index contributed by atoms with van der Waals surface area (Å²) in [7, 11) is 0. The lowest BCUT2D eigenvalue weighted by Crippen LogP contribution is -2.30. The summed E-state index contributed by atoms with van der Waals surface area (Å²) < 4.78 is 0. The van der Waals surface area contributed by atoms with Crippen LogP contribution in [0.3, 0.4) is 0 Å². The number of carboxylic acid groups (broad SMARTS) is 1. The molecule has 1 aromatic carbocycles. The van der Waals surface area contributed by atoms with Crippen molar-refractivity contribution in [1.82, 2.24) is 5.32 Å². The summed E-state index contributed by atoms with van der Waals surface area (Å²) in [6.07, 6.45) is 1.82. The molecule has 0 unspecified atom stereocenters. The second-order valence-electron chi connectivity index (χ2n) is 4.08. The number of anilines is 1. The van der Waals surface area contributed by atoms with Crippen molar-refractivity contribution in [2.75, 3.05) is 23.4 Å². The first-order valence-corrected chi connectivity index (χ1v) is 7.27. The van der Waals surface area contributed by atoms with Gasteiger partial charge in [0.25, 0.3) is 0 Å². The maximum absolute atomic E-state index is 11.6. The van der Waals surface area contributed by atoms with Crippen LogP contribution in [0.4, 0.5) is 10.5 Å². The average Bonchev–Trinajstić information content (AvgIpc) is 2.38. The summed E-state index contributed by atoms with van der Waals surface area (Å²) in [5, 5.41) is 14.3. The van der Waals surface area contributed by atoms with E-state index in [0.717, 1.165) is 11.5 Å². The van der Waals surface area contributed by atoms with Gasteiger partial charge in [-0.2, -0.15) is 11.8 Å². The molecule has 0 aliphatic carbocycles. The molecular formula is C14H18N2O3S. The fraction of sp³-hybridized carbons (Fsp3) is 0.286. The minimum absolute atomic E-state index is 0.233. The van der Waals surface area contributed by atoms with Crippen LogP contribution < -0.4 is 10.6 Å². The lowest BCUT2D eigenvalue weighted by Gasteiger charge is -2.09. The lowest BCUT2D eigenvalue weighted by atomic mass is 10.1. The molecule has 3 N–H and O–H groups in total. The largest absolute Gasteiger partial charge is 0.478 e. The monoisotopic (exact) mass is 294 g/mol. The summed E-state index contributed by atoms with van der Waals surface area (Å²) in [6, 6.07) is 4.39. The minimum atomic E-state index is -0.974. The van der Waals surface area contributed by atoms with Crippen LogP contribution in [0.2, 0.25) is 0 Å². The number of rotatable bonds is 7. The van der Waals surface area contributed by atoms with Crippen molar-refractivity contribution in [1.29, 1.82) is 0 Å². The molecule has 20 heavy (non-hydrogen) atoms. The van der Waals surface area contributed by atoms with Crippen LogP contribution in [-0.2, 0) is 0 Å². The van der Waals surface area contributed by atoms with Crippen LogP contribution in [-0.4, -0.2) is 35.2 Å². The smallest absolute Gasteiger partial charge is 0.335 e. The number of carbonyl (C=O) groups excluding carboxylic acids is 1. The van der Waals surface area contributed by atoms with E-state index in [4.69, 9.17) is 5.11 Å². The van der Waals surface area contributed by atoms with E-state index < -0.39 is 5.97 Å². The second-order valence-corrected chi connectivity index (χ2v) is 5.23. The Morgan fingerprint density at radius 2 is 2.20 bits per heavy atom. The molecule has 2 amide bonds. The summed E-state index contributed by atoms with van der Waals surface area (Å²) in [5.74, 6) is 0.702. The highest BCUT2D eigenvalue weighted by Gasteiger charge is 2.08. The van der Waals surface area contributed by atoms with E-state index in [2.05, 4.69) is 17.2 Å². The number of hydrogen-bond acceptors (Lipinski definition) is 3. The average molecular weight is 294 g/mol. The molecule has 0 atom stereocenters. The van der Waals surface area contributed by atoms with Crippen molar-refractivity contribution in [3.05, 3.63) is 42.0 Å². The van der Waals surface area contributed by atoms with Gasteiger partial charge in [-0.15, -0.1) is 6.58 Å². The van der Waals surface area contributed by atoms with Gasteiger partial charge in [-0.05, 0) is 30.7 Å². The predicted octanol–water partition coefficient (Wildman–Crippen LogP) is 2.73. The van der Waals surface area contributed by atoms with E-state index in [-0.39, 0.29) is 11.6 Å². The third-order valence-corrected chi connectivity index (χ3v) is 3.45. The number of benzene rings is 1. The lowest BCUT2D eigenvalue weighted by molar-refractivity contribution is 0.0696. The molecule has 0 aliphatic heterocycles. The number of thioether (sulfide) groups is 1. The van der Waals surface area contributed by atoms with Crippen LogP contribution >= 0.6 is 11.8 Å². The molecule has 0 saturated heterocycles. The molecule has 1 aromatic rings. The first-order chi connectivity index (χ1) is 9.54. The zero-order chi connectivity index (χ0) is 15.0. The van der Waals surface area contributed by atoms with Crippen molar-refractivity contribution >= 4 is 29.4 Å². The van der Waals surface area contributed by atoms with Crippen LogP contribution in [0.25, 0.3) is 0 Å². The van der Waals surface area contributed by atoms with Crippen LogP contribution in [0.15, 0.2) is 30.9 Å². The fourth-order valence-electron chi connectivity index (χ4n) is 1.56. The van der Waals surface area contributed by atoms with Gasteiger partial charge in [-0.25, -0.2) is 9.59 Å². The van der Waals surface area contributed by atoms with Gasteiger partial charge in [-0.1, -0.05) is 6.08 Å². The van der Waals surface area contributed by atoms with Crippen molar-refractivity contribution in [3.63, 3.8) is 0 Å². The molecule has 5 nitrogen and oxygen atoms in total. The Balaban J connectivity index is 2.44. The van der Waals surface area contributed by atoms with E-state index in [1.165, 1.54) is 6.07 Å². The Labute approximate surface area is 122 Å². The SMILES string of the molecule is C=CCSCCNC(=O)Nc1ccc(C(=O)O)c(C)c1. The minimum Gasteiger partial charge on any atom is -0.478 e. The van der Waals surface area contributed by atoms with Crippen LogP contribution in [0, 0.1) is 6.92 Å². The molecule has 6 heteroatoms. The number of urea groups is 1. The topological polar surface area (TPSA) is 78.4 Å². The van der Waals surface area contributed by atoms with Crippen molar-refractivity contribution in [2.24, 2.45) is 0 Å². The van der Waals surface area contributed by atoms with Crippen molar-refractivity contribution < 1.29 is 14.7 Å². The first-order valence-electron chi connectivity index (χ1n) is 6.12. The van der Waals surface area contributed by atoms with E-state index in [1.54, 1.807) is 30.8 Å². The summed E-state index contributed by atoms with van der Waals surface area (Å²) in [4.78, 5) is 22.5. The maximum atomic E-state index is 11.6. The molecule has 0 heterocycles. The van der Waals surface area contributed by atoms with Gasteiger partial charge in [0, 0.05) is 23.7 Å². The third kappa shape index (κ3) is 5.36. The van der Waals surface area contributed by atoms with Crippen molar-refractivity contribution in [2.45, 2.75) is 6.92 Å². The highest BCUT2D eigenvalue weighted by Crippen LogP contribution is 2.15. The summed E-state index contributed by atoms with van der Waals surface area (Å²) in [6.45, 7) is 5.87. The molecule has 108 valence electrons. The fourth-order valence-corrected chi connectivity index (χ4v) is 2.14. The molecule has 0 bridgehead atoms. The Kier molecular flexibility index (Phi) is 6.66. The number of hydrogen-bond donors (Lipinski definition) is 3. The molecule has 0 saturated carbocycles. The van der Waals surface area contributed by atoms with E-state index >= 15 is 0 Å². The van der Waals surface area contributed by atoms with E-state index in [0.29, 0.717) is 17.8 Å². The number of nitrogens with one attached hydrogen (secondary N) is 2. The van der Waals surface area contributed by atoms with Gasteiger partial charge in [0.1, 0.15) is 0 Å². The van der Waals surface area contributed by atoms with Gasteiger partial charge in [0.15, 0.2) is 0 Å². The van der Waals surface area contributed by atoms with Crippen LogP contribution in [0.1, 0.15) is 15.9 Å². The summed E-state index contributed by atoms with van der Waals surface area (Å²) in [5.41, 5.74) is 1.41. The Bertz CT molecular complexity index is 503. The zero-order valence-electron chi connectivity index (χ0n) is 11.3. The molecule has 0 aliphatic rings. The third-order valence-electron chi connectivity index (χ3n) is 2.48. The normalized spacial score (nSPS) is 9.85. The number of carbonyl (C=O) groups is 2. The van der Waals surface area contributed by atoms with Gasteiger partial charge in [0.05, 0.1) is 5.56 Å². The van der Waals surface area contributed by atoms with E-state index in [9.17, 15) is 9.59 Å². The zero-order valence-corrected chi connectivity index (χ0v) is 12.1. The second kappa shape index (κ2) is 8.27. The van der Waals surface area contributed by atoms with Crippen LogP contribution in [0.5, 0.6) is 0 Å². The number of aromatic carboxylic acids is 1. The molecule has 0 radical (unpaired) electrons. The standard InChI is InChI=1S/C14H18N2O3S/c1-3-7-20-8-6-15-14(19)16-11-4-5-12(13(17)18)10(2)9-11/h3-5,9H,1,6-8H2,2H3,(H,17,18)(H2,15,16,19). The van der Waals surface area contributed by atoms with Gasteiger partial charge >= 0.3 is 12.0 Å². The van der Waals surface area contributed by atoms with Gasteiger partial charge in [-0.3, -0.25) is 0 Å². The Morgan fingerprint density at radius 3 is 2.80 bits per heavy atom. The summed E-state index contributed by atoms with van der Waals surface area (Å²) >= 11 is 1.68. The number of amides is 2. The number of carboxylic acids is 1. The molecule has 0 aromatic heterocycles. The maximum Gasteiger partial charge on any atom is 0.335 e. The highest BCUT2D eigenvalue weighted by atomic mass is 32.2. The number of aryl methyl sites for hydroxylation is 1. The molecule has 1 rings (SSSR count). The highest BCUT2D eigenvalue weighted by molar-refractivity contribution is 7.99. The molecule has 0 fully saturated rings. The Hall–Kier alpha value is -1.95. The van der Waals surface area contributed by atoms with Crippen molar-refractivity contribution in [3.8, 4) is 0 Å². The quantitative estimate of drug-likeness (QED) is 0.534. The van der Waals surface area contributed by atoms with Gasteiger partial charge < -0.3 is 15.7 Å². The van der Waals surface area contributed by atoms with Gasteiger partial charge in [0.2, 0.25) is 0 Å².